The van der Waals surface area contributed by atoms with Crippen LogP contribution in [0.4, 0.5) is 9.52 Å². The summed E-state index contributed by atoms with van der Waals surface area (Å²) in [6, 6.07) is 8.14. The van der Waals surface area contributed by atoms with E-state index in [9.17, 15) is 9.18 Å². The van der Waals surface area contributed by atoms with Crippen LogP contribution >= 0.6 is 34.5 Å². The summed E-state index contributed by atoms with van der Waals surface area (Å²) in [6.07, 6.45) is 0. The molecule has 140 valence electrons. The summed E-state index contributed by atoms with van der Waals surface area (Å²) in [7, 11) is 0. The fourth-order valence-electron chi connectivity index (χ4n) is 3.19. The van der Waals surface area contributed by atoms with Crippen molar-refractivity contribution in [2.24, 2.45) is 0 Å². The Morgan fingerprint density at radius 1 is 1.11 bits per heavy atom. The van der Waals surface area contributed by atoms with Gasteiger partial charge in [-0.25, -0.2) is 9.37 Å². The molecule has 0 radical (unpaired) electrons. The second-order valence-electron chi connectivity index (χ2n) is 6.39. The van der Waals surface area contributed by atoms with Crippen molar-refractivity contribution in [3.63, 3.8) is 0 Å². The Morgan fingerprint density at radius 2 is 1.85 bits per heavy atom. The fraction of sp³-hybridized carbons (Fsp3) is 0.263. The van der Waals surface area contributed by atoms with Crippen LogP contribution in [0.1, 0.15) is 15.9 Å². The number of piperazine rings is 1. The number of thiazole rings is 1. The molecule has 1 aromatic heterocycles. The molecule has 1 aliphatic rings. The molecule has 1 amide bonds. The maximum absolute atomic E-state index is 14.0. The topological polar surface area (TPSA) is 36.4 Å². The Balaban J connectivity index is 1.51. The van der Waals surface area contributed by atoms with E-state index < -0.39 is 5.82 Å². The zero-order chi connectivity index (χ0) is 19.1. The third-order valence-electron chi connectivity index (χ3n) is 4.75. The quantitative estimate of drug-likeness (QED) is 0.580. The first-order valence-corrected chi connectivity index (χ1v) is 10.1. The average molecular weight is 424 g/mol. The molecule has 0 bridgehead atoms. The van der Waals surface area contributed by atoms with Crippen molar-refractivity contribution in [2.45, 2.75) is 6.92 Å². The van der Waals surface area contributed by atoms with Gasteiger partial charge in [-0.2, -0.15) is 0 Å². The number of amides is 1. The van der Waals surface area contributed by atoms with Crippen LogP contribution < -0.4 is 4.90 Å². The lowest BCUT2D eigenvalue weighted by Crippen LogP contribution is -2.49. The summed E-state index contributed by atoms with van der Waals surface area (Å²) >= 11 is 13.8. The highest BCUT2D eigenvalue weighted by atomic mass is 35.5. The zero-order valence-corrected chi connectivity index (χ0v) is 16.8. The van der Waals surface area contributed by atoms with Gasteiger partial charge >= 0.3 is 0 Å². The number of carbonyl (C=O) groups is 1. The van der Waals surface area contributed by atoms with Crippen LogP contribution in [0.5, 0.6) is 0 Å². The van der Waals surface area contributed by atoms with Gasteiger partial charge in [0.05, 0.1) is 20.8 Å². The molecule has 4 rings (SSSR count). The standard InChI is InChI=1S/C19H16Cl2FN3OS/c1-11-12(20)5-6-15-17(11)23-19(27-15)25-9-7-24(8-10-25)18(26)16-13(21)3-2-4-14(16)22/h2-6H,7-10H2,1H3. The number of rotatable bonds is 2. The summed E-state index contributed by atoms with van der Waals surface area (Å²) in [5.41, 5.74) is 1.83. The summed E-state index contributed by atoms with van der Waals surface area (Å²) in [4.78, 5) is 21.2. The number of aromatic nitrogens is 1. The molecule has 0 atom stereocenters. The Hall–Kier alpha value is -1.89. The average Bonchev–Trinajstić information content (AvgIpc) is 3.10. The lowest BCUT2D eigenvalue weighted by molar-refractivity contribution is 0.0742. The number of anilines is 1. The highest BCUT2D eigenvalue weighted by Gasteiger charge is 2.27. The van der Waals surface area contributed by atoms with Gasteiger partial charge in [0.2, 0.25) is 0 Å². The number of benzene rings is 2. The SMILES string of the molecule is Cc1c(Cl)ccc2sc(N3CCN(C(=O)c4c(F)cccc4Cl)CC3)nc12. The molecule has 2 aromatic carbocycles. The summed E-state index contributed by atoms with van der Waals surface area (Å²) in [5, 5.41) is 1.75. The van der Waals surface area contributed by atoms with Gasteiger partial charge in [-0.3, -0.25) is 4.79 Å². The van der Waals surface area contributed by atoms with Crippen LogP contribution in [-0.2, 0) is 0 Å². The molecule has 27 heavy (non-hydrogen) atoms. The third-order valence-corrected chi connectivity index (χ3v) is 6.56. The number of hydrogen-bond donors (Lipinski definition) is 0. The second kappa shape index (κ2) is 7.26. The van der Waals surface area contributed by atoms with Gasteiger partial charge in [-0.1, -0.05) is 40.6 Å². The normalized spacial score (nSPS) is 14.8. The van der Waals surface area contributed by atoms with Crippen molar-refractivity contribution in [1.29, 1.82) is 0 Å². The van der Waals surface area contributed by atoms with Crippen LogP contribution in [0.15, 0.2) is 30.3 Å². The van der Waals surface area contributed by atoms with E-state index in [1.807, 2.05) is 19.1 Å². The van der Waals surface area contributed by atoms with E-state index in [1.54, 1.807) is 16.2 Å². The van der Waals surface area contributed by atoms with Gasteiger partial charge in [0.1, 0.15) is 5.82 Å². The maximum atomic E-state index is 14.0. The molecule has 0 spiro atoms. The van der Waals surface area contributed by atoms with Crippen molar-refractivity contribution in [3.8, 4) is 0 Å². The molecule has 4 nitrogen and oxygen atoms in total. The van der Waals surface area contributed by atoms with Gasteiger partial charge in [0.25, 0.3) is 5.91 Å². The Labute approximate surface area is 170 Å². The second-order valence-corrected chi connectivity index (χ2v) is 8.21. The number of halogens is 3. The van der Waals surface area contributed by atoms with E-state index in [4.69, 9.17) is 28.2 Å². The van der Waals surface area contributed by atoms with E-state index in [-0.39, 0.29) is 16.5 Å². The number of nitrogens with zero attached hydrogens (tertiary/aromatic N) is 3. The zero-order valence-electron chi connectivity index (χ0n) is 14.5. The third kappa shape index (κ3) is 3.37. The van der Waals surface area contributed by atoms with Crippen molar-refractivity contribution in [2.75, 3.05) is 31.1 Å². The van der Waals surface area contributed by atoms with Crippen LogP contribution in [0.3, 0.4) is 0 Å². The summed E-state index contributed by atoms with van der Waals surface area (Å²) in [5.74, 6) is -0.960. The molecule has 3 aromatic rings. The highest BCUT2D eigenvalue weighted by molar-refractivity contribution is 7.22. The summed E-state index contributed by atoms with van der Waals surface area (Å²) in [6.45, 7) is 4.19. The first kappa shape index (κ1) is 18.5. The van der Waals surface area contributed by atoms with Gasteiger partial charge in [0.15, 0.2) is 5.13 Å². The molecule has 1 aliphatic heterocycles. The largest absolute Gasteiger partial charge is 0.345 e. The molecule has 1 saturated heterocycles. The van der Waals surface area contributed by atoms with E-state index in [2.05, 4.69) is 4.90 Å². The molecule has 0 aliphatic carbocycles. The molecule has 0 saturated carbocycles. The van der Waals surface area contributed by atoms with E-state index >= 15 is 0 Å². The predicted molar refractivity (Wildman–Crippen MR) is 109 cm³/mol. The fourth-order valence-corrected chi connectivity index (χ4v) is 4.66. The highest BCUT2D eigenvalue weighted by Crippen LogP contribution is 2.34. The van der Waals surface area contributed by atoms with Crippen LogP contribution in [0, 0.1) is 12.7 Å². The van der Waals surface area contributed by atoms with Gasteiger partial charge < -0.3 is 9.80 Å². The molecule has 8 heteroatoms. The molecule has 0 N–H and O–H groups in total. The maximum Gasteiger partial charge on any atom is 0.258 e. The van der Waals surface area contributed by atoms with Crippen LogP contribution in [0.2, 0.25) is 10.0 Å². The monoisotopic (exact) mass is 423 g/mol. The van der Waals surface area contributed by atoms with Crippen molar-refractivity contribution in [1.82, 2.24) is 9.88 Å². The van der Waals surface area contributed by atoms with Crippen molar-refractivity contribution < 1.29 is 9.18 Å². The Kier molecular flexibility index (Phi) is 4.97. The smallest absolute Gasteiger partial charge is 0.258 e. The first-order valence-electron chi connectivity index (χ1n) is 8.49. The molecular formula is C19H16Cl2FN3OS. The Bertz CT molecular complexity index is 1010. The number of carbonyl (C=O) groups excluding carboxylic acids is 1. The van der Waals surface area contributed by atoms with Gasteiger partial charge in [-0.05, 0) is 36.8 Å². The number of fused-ring (bicyclic) bond motifs is 1. The lowest BCUT2D eigenvalue weighted by atomic mass is 10.1. The molecule has 1 fully saturated rings. The number of hydrogen-bond acceptors (Lipinski definition) is 4. The summed E-state index contributed by atoms with van der Waals surface area (Å²) < 4.78 is 15.1. The minimum Gasteiger partial charge on any atom is -0.345 e. The van der Waals surface area contributed by atoms with Crippen molar-refractivity contribution in [3.05, 3.63) is 57.3 Å². The van der Waals surface area contributed by atoms with Crippen LogP contribution in [0.25, 0.3) is 10.2 Å². The minimum atomic E-state index is -0.589. The molecule has 2 heterocycles. The van der Waals surface area contributed by atoms with Crippen molar-refractivity contribution >= 4 is 55.8 Å². The minimum absolute atomic E-state index is 0.0575. The van der Waals surface area contributed by atoms with Gasteiger partial charge in [-0.15, -0.1) is 0 Å². The molecular weight excluding hydrogens is 408 g/mol. The van der Waals surface area contributed by atoms with Crippen LogP contribution in [-0.4, -0.2) is 42.0 Å². The lowest BCUT2D eigenvalue weighted by Gasteiger charge is -2.34. The molecule has 0 unspecified atom stereocenters. The van der Waals surface area contributed by atoms with E-state index in [0.717, 1.165) is 20.9 Å². The van der Waals surface area contributed by atoms with E-state index in [1.165, 1.54) is 18.2 Å². The number of aryl methyl sites for hydroxylation is 1. The first-order chi connectivity index (χ1) is 13.0. The Morgan fingerprint density at radius 3 is 2.56 bits per heavy atom. The van der Waals surface area contributed by atoms with Gasteiger partial charge in [0, 0.05) is 31.2 Å². The van der Waals surface area contributed by atoms with E-state index in [0.29, 0.717) is 31.2 Å². The predicted octanol–water partition coefficient (Wildman–Crippen LogP) is 5.01.